The maximum absolute atomic E-state index is 13.9. The van der Waals surface area contributed by atoms with Gasteiger partial charge in [-0.3, -0.25) is 4.79 Å². The normalized spacial score (nSPS) is 11.5. The van der Waals surface area contributed by atoms with Gasteiger partial charge in [0.15, 0.2) is 0 Å². The van der Waals surface area contributed by atoms with Crippen molar-refractivity contribution in [2.45, 2.75) is 14.4 Å². The van der Waals surface area contributed by atoms with Gasteiger partial charge in [0.1, 0.15) is 5.82 Å². The van der Waals surface area contributed by atoms with Crippen molar-refractivity contribution in [1.29, 1.82) is 0 Å². The molecule has 0 aliphatic carbocycles. The van der Waals surface area contributed by atoms with Gasteiger partial charge >= 0.3 is 0 Å². The highest BCUT2D eigenvalue weighted by molar-refractivity contribution is 7.98. The molecule has 0 aromatic heterocycles. The Morgan fingerprint density at radius 2 is 1.73 bits per heavy atom. The summed E-state index contributed by atoms with van der Waals surface area (Å²) in [5.74, 6) is -0.484. The van der Waals surface area contributed by atoms with Crippen molar-refractivity contribution in [2.75, 3.05) is 5.32 Å². The number of hydrogen-bond donors (Lipinski definition) is 1. The van der Waals surface area contributed by atoms with Crippen molar-refractivity contribution in [2.24, 2.45) is 0 Å². The fourth-order valence-corrected chi connectivity index (χ4v) is 3.65. The Morgan fingerprint density at radius 1 is 1.04 bits per heavy atom. The van der Waals surface area contributed by atoms with Crippen LogP contribution in [0.25, 0.3) is 10.8 Å². The molecular weight excluding hydrogens is 416 g/mol. The summed E-state index contributed by atoms with van der Waals surface area (Å²) in [6.45, 7) is 0. The van der Waals surface area contributed by atoms with Gasteiger partial charge in [-0.15, -0.1) is 11.8 Å². The molecule has 0 heterocycles. The van der Waals surface area contributed by atoms with E-state index in [-0.39, 0.29) is 5.82 Å². The second kappa shape index (κ2) is 8.05. The molecule has 0 saturated carbocycles. The van der Waals surface area contributed by atoms with Gasteiger partial charge in [0.05, 0.1) is 5.69 Å². The van der Waals surface area contributed by atoms with E-state index in [0.29, 0.717) is 11.4 Å². The number of thioether (sulfide) groups is 1. The van der Waals surface area contributed by atoms with Crippen LogP contribution in [0.1, 0.15) is 5.56 Å². The topological polar surface area (TPSA) is 29.1 Å². The van der Waals surface area contributed by atoms with E-state index in [1.807, 2.05) is 36.4 Å². The van der Waals surface area contributed by atoms with Crippen LogP contribution in [0.5, 0.6) is 0 Å². The van der Waals surface area contributed by atoms with Crippen molar-refractivity contribution in [3.63, 3.8) is 0 Å². The molecular formula is C19H13Cl3FNOS. The van der Waals surface area contributed by atoms with Gasteiger partial charge in [-0.2, -0.15) is 0 Å². The molecule has 134 valence electrons. The Bertz CT molecular complexity index is 959. The second-order valence-electron chi connectivity index (χ2n) is 5.52. The molecule has 0 bridgehead atoms. The Kier molecular flexibility index (Phi) is 5.98. The molecule has 0 fully saturated rings. The lowest BCUT2D eigenvalue weighted by Gasteiger charge is -2.15. The van der Waals surface area contributed by atoms with E-state index in [4.69, 9.17) is 34.8 Å². The molecule has 26 heavy (non-hydrogen) atoms. The van der Waals surface area contributed by atoms with Crippen molar-refractivity contribution in [1.82, 2.24) is 0 Å². The van der Waals surface area contributed by atoms with E-state index in [2.05, 4.69) is 5.32 Å². The van der Waals surface area contributed by atoms with Gasteiger partial charge < -0.3 is 5.32 Å². The maximum Gasteiger partial charge on any atom is 0.276 e. The number of rotatable bonds is 4. The Hall–Kier alpha value is -1.46. The third kappa shape index (κ3) is 4.63. The number of alkyl halides is 3. The van der Waals surface area contributed by atoms with Gasteiger partial charge in [-0.1, -0.05) is 71.2 Å². The zero-order chi connectivity index (χ0) is 18.7. The molecule has 0 unspecified atom stereocenters. The number of para-hydroxylation sites is 1. The predicted octanol–water partition coefficient (Wildman–Crippen LogP) is 6.58. The number of amides is 1. The monoisotopic (exact) mass is 427 g/mol. The first-order valence-electron chi connectivity index (χ1n) is 7.62. The first-order valence-corrected chi connectivity index (χ1v) is 9.74. The minimum Gasteiger partial charge on any atom is -0.321 e. The van der Waals surface area contributed by atoms with Gasteiger partial charge in [-0.05, 0) is 40.6 Å². The van der Waals surface area contributed by atoms with Crippen LogP contribution in [0.4, 0.5) is 10.1 Å². The number of halogens is 4. The average molecular weight is 429 g/mol. The number of carbonyl (C=O) groups is 1. The summed E-state index contributed by atoms with van der Waals surface area (Å²) in [6.07, 6.45) is 0. The largest absolute Gasteiger partial charge is 0.321 e. The van der Waals surface area contributed by atoms with E-state index in [1.54, 1.807) is 12.1 Å². The first-order chi connectivity index (χ1) is 12.3. The second-order valence-corrected chi connectivity index (χ2v) is 8.82. The molecule has 0 aliphatic heterocycles. The zero-order valence-electron chi connectivity index (χ0n) is 13.3. The molecule has 3 aromatic carbocycles. The number of hydrogen-bond acceptors (Lipinski definition) is 2. The highest BCUT2D eigenvalue weighted by Crippen LogP contribution is 2.34. The van der Waals surface area contributed by atoms with Crippen LogP contribution in [0.3, 0.4) is 0 Å². The van der Waals surface area contributed by atoms with Crippen molar-refractivity contribution in [3.05, 3.63) is 72.0 Å². The molecule has 0 radical (unpaired) electrons. The SMILES string of the molecule is O=C(Nc1ccccc1SCc1cc(F)cc2ccccc12)C(Cl)(Cl)Cl. The lowest BCUT2D eigenvalue weighted by Crippen LogP contribution is -2.27. The third-order valence-corrected chi connectivity index (χ3v) is 5.33. The lowest BCUT2D eigenvalue weighted by molar-refractivity contribution is -0.115. The molecule has 0 atom stereocenters. The molecule has 0 spiro atoms. The Labute approximate surface area is 169 Å². The average Bonchev–Trinajstić information content (AvgIpc) is 2.59. The van der Waals surface area contributed by atoms with E-state index in [1.165, 1.54) is 23.9 Å². The molecule has 0 saturated heterocycles. The van der Waals surface area contributed by atoms with Crippen LogP contribution in [-0.4, -0.2) is 9.70 Å². The molecule has 3 aromatic rings. The van der Waals surface area contributed by atoms with E-state index in [0.717, 1.165) is 21.2 Å². The fourth-order valence-electron chi connectivity index (χ4n) is 2.51. The smallest absolute Gasteiger partial charge is 0.276 e. The summed E-state index contributed by atoms with van der Waals surface area (Å²) < 4.78 is 11.9. The van der Waals surface area contributed by atoms with Crippen LogP contribution < -0.4 is 5.32 Å². The number of nitrogens with one attached hydrogen (secondary N) is 1. The number of anilines is 1. The van der Waals surface area contributed by atoms with Crippen LogP contribution in [0.15, 0.2) is 65.6 Å². The maximum atomic E-state index is 13.9. The van der Waals surface area contributed by atoms with Crippen LogP contribution in [0.2, 0.25) is 0 Å². The van der Waals surface area contributed by atoms with Crippen molar-refractivity contribution < 1.29 is 9.18 Å². The quantitative estimate of drug-likeness (QED) is 0.375. The van der Waals surface area contributed by atoms with E-state index < -0.39 is 9.70 Å². The molecule has 0 aliphatic rings. The molecule has 7 heteroatoms. The summed E-state index contributed by atoms with van der Waals surface area (Å²) in [4.78, 5) is 12.7. The highest BCUT2D eigenvalue weighted by Gasteiger charge is 2.31. The standard InChI is InChI=1S/C19H13Cl3FNOS/c20-19(21,22)18(25)24-16-7-3-4-8-17(16)26-11-13-10-14(23)9-12-5-1-2-6-15(12)13/h1-10H,11H2,(H,24,25). The number of carbonyl (C=O) groups excluding carboxylic acids is 1. The van der Waals surface area contributed by atoms with Gasteiger partial charge in [0.25, 0.3) is 9.70 Å². The minimum atomic E-state index is -2.05. The highest BCUT2D eigenvalue weighted by atomic mass is 35.6. The summed E-state index contributed by atoms with van der Waals surface area (Å²) in [6, 6.07) is 17.9. The van der Waals surface area contributed by atoms with Gasteiger partial charge in [-0.25, -0.2) is 4.39 Å². The summed E-state index contributed by atoms with van der Waals surface area (Å²) >= 11 is 18.3. The summed E-state index contributed by atoms with van der Waals surface area (Å²) in [5.41, 5.74) is 1.41. The van der Waals surface area contributed by atoms with E-state index >= 15 is 0 Å². The van der Waals surface area contributed by atoms with Crippen molar-refractivity contribution >= 4 is 68.9 Å². The van der Waals surface area contributed by atoms with Crippen molar-refractivity contribution in [3.8, 4) is 0 Å². The van der Waals surface area contributed by atoms with E-state index in [9.17, 15) is 9.18 Å². The number of fused-ring (bicyclic) bond motifs is 1. The Balaban J connectivity index is 1.84. The van der Waals surface area contributed by atoms with Gasteiger partial charge in [0.2, 0.25) is 0 Å². The summed E-state index contributed by atoms with van der Waals surface area (Å²) in [5, 5.41) is 4.44. The Morgan fingerprint density at radius 3 is 2.50 bits per heavy atom. The summed E-state index contributed by atoms with van der Waals surface area (Å²) in [7, 11) is 0. The lowest BCUT2D eigenvalue weighted by atomic mass is 10.1. The molecule has 3 rings (SSSR count). The van der Waals surface area contributed by atoms with Crippen LogP contribution >= 0.6 is 46.6 Å². The molecule has 1 amide bonds. The third-order valence-electron chi connectivity index (χ3n) is 3.69. The molecule has 1 N–H and O–H groups in total. The van der Waals surface area contributed by atoms with Gasteiger partial charge in [0, 0.05) is 10.6 Å². The number of benzene rings is 3. The zero-order valence-corrected chi connectivity index (χ0v) is 16.4. The fraction of sp³-hybridized carbons (Fsp3) is 0.105. The predicted molar refractivity (Wildman–Crippen MR) is 109 cm³/mol. The minimum absolute atomic E-state index is 0.280. The first kappa shape index (κ1) is 19.3. The molecule has 2 nitrogen and oxygen atoms in total. The van der Waals surface area contributed by atoms with Crippen LogP contribution in [0, 0.1) is 5.82 Å². The van der Waals surface area contributed by atoms with Crippen LogP contribution in [-0.2, 0) is 10.5 Å².